The summed E-state index contributed by atoms with van der Waals surface area (Å²) in [6, 6.07) is 0. The molecule has 0 aromatic rings. The molecule has 0 aliphatic carbocycles. The van der Waals surface area contributed by atoms with Crippen LogP contribution in [0, 0.1) is 0 Å². The van der Waals surface area contributed by atoms with Gasteiger partial charge in [0.25, 0.3) is 0 Å². The average Bonchev–Trinajstić information content (AvgIpc) is 2.26. The van der Waals surface area contributed by atoms with E-state index in [4.69, 9.17) is 12.2 Å². The Morgan fingerprint density at radius 2 is 1.60 bits per heavy atom. The molecule has 0 aliphatic heterocycles. The minimum atomic E-state index is 0.933. The van der Waals surface area contributed by atoms with Crippen molar-refractivity contribution in [1.82, 2.24) is 5.32 Å². The Hall–Kier alpha value is 0.928. The standard InChI is InChI=1S/C11H23NS2.Mo/c1-2-3-4-5-6-7-8-9-10-12-11(13)14;/h2-10H2,1H3,(H2,12,13,14);/q;+1/p-1. The Balaban J connectivity index is 2.95. The van der Waals surface area contributed by atoms with Crippen LogP contribution in [0.3, 0.4) is 0 Å². The summed E-state index contributed by atoms with van der Waals surface area (Å²) < 4.78 is 0.933. The zero-order valence-electron chi connectivity index (χ0n) is 9.59. The van der Waals surface area contributed by atoms with Crippen molar-refractivity contribution in [2.45, 2.75) is 58.3 Å². The molecule has 0 amide bonds. The SMILES string of the molecule is CCCCCCCCCCNC(=S)[S][Mo]. The van der Waals surface area contributed by atoms with Gasteiger partial charge in [-0.3, -0.25) is 0 Å². The molecular weight excluding hydrogens is 306 g/mol. The second kappa shape index (κ2) is 13.0. The first-order valence-electron chi connectivity index (χ1n) is 5.89. The van der Waals surface area contributed by atoms with Gasteiger partial charge >= 0.3 is 108 Å². The van der Waals surface area contributed by atoms with Gasteiger partial charge in [-0.05, 0) is 0 Å². The molecule has 0 aliphatic rings. The zero-order chi connectivity index (χ0) is 11.4. The molecule has 0 heterocycles. The van der Waals surface area contributed by atoms with Crippen molar-refractivity contribution in [3.05, 3.63) is 0 Å². The van der Waals surface area contributed by atoms with Gasteiger partial charge in [-0.2, -0.15) is 0 Å². The van der Waals surface area contributed by atoms with E-state index >= 15 is 0 Å². The van der Waals surface area contributed by atoms with Gasteiger partial charge in [0, 0.05) is 0 Å². The molecule has 15 heavy (non-hydrogen) atoms. The van der Waals surface area contributed by atoms with Crippen molar-refractivity contribution in [3.8, 4) is 0 Å². The Morgan fingerprint density at radius 1 is 1.07 bits per heavy atom. The average molecular weight is 328 g/mol. The Morgan fingerprint density at radius 3 is 2.13 bits per heavy atom. The van der Waals surface area contributed by atoms with Gasteiger partial charge in [-0.15, -0.1) is 0 Å². The normalized spacial score (nSPS) is 10.2. The molecule has 0 aromatic heterocycles. The van der Waals surface area contributed by atoms with Crippen LogP contribution >= 0.6 is 21.7 Å². The van der Waals surface area contributed by atoms with Crippen molar-refractivity contribution in [2.24, 2.45) is 0 Å². The summed E-state index contributed by atoms with van der Waals surface area (Å²) in [4.78, 5) is 0. The predicted octanol–water partition coefficient (Wildman–Crippen LogP) is 4.20. The number of hydrogen-bond acceptors (Lipinski definition) is 2. The van der Waals surface area contributed by atoms with Crippen molar-refractivity contribution in [2.75, 3.05) is 6.54 Å². The molecule has 0 bridgehead atoms. The second-order valence-corrected chi connectivity index (χ2v) is 6.24. The van der Waals surface area contributed by atoms with Gasteiger partial charge in [0.05, 0.1) is 0 Å². The fourth-order valence-corrected chi connectivity index (χ4v) is 2.18. The third-order valence-corrected chi connectivity index (χ3v) is 5.14. The van der Waals surface area contributed by atoms with E-state index in [1.54, 1.807) is 9.47 Å². The molecule has 1 nitrogen and oxygen atoms in total. The Bertz CT molecular complexity index is 154. The van der Waals surface area contributed by atoms with Crippen LogP contribution in [0.15, 0.2) is 0 Å². The van der Waals surface area contributed by atoms with Gasteiger partial charge in [0.15, 0.2) is 0 Å². The number of unbranched alkanes of at least 4 members (excludes halogenated alkanes) is 7. The molecule has 0 aromatic carbocycles. The summed E-state index contributed by atoms with van der Waals surface area (Å²) in [5.41, 5.74) is 0. The Labute approximate surface area is 114 Å². The zero-order valence-corrected chi connectivity index (χ0v) is 13.2. The van der Waals surface area contributed by atoms with Crippen molar-refractivity contribution >= 4 is 26.0 Å². The van der Waals surface area contributed by atoms with E-state index in [2.05, 4.69) is 12.2 Å². The summed E-state index contributed by atoms with van der Waals surface area (Å²) >= 11 is 7.01. The maximum absolute atomic E-state index is 5.06. The number of rotatable bonds is 9. The van der Waals surface area contributed by atoms with Crippen LogP contribution < -0.4 is 5.32 Å². The molecule has 4 heteroatoms. The molecule has 0 saturated carbocycles. The molecule has 0 radical (unpaired) electrons. The first-order chi connectivity index (χ1) is 7.31. The fourth-order valence-electron chi connectivity index (χ4n) is 1.48. The molecule has 0 fully saturated rings. The molecule has 89 valence electrons. The van der Waals surface area contributed by atoms with E-state index in [9.17, 15) is 0 Å². The van der Waals surface area contributed by atoms with Crippen molar-refractivity contribution in [3.63, 3.8) is 0 Å². The van der Waals surface area contributed by atoms with E-state index in [0.717, 1.165) is 10.9 Å². The van der Waals surface area contributed by atoms with Gasteiger partial charge in [-0.1, -0.05) is 6.92 Å². The molecular formula is C11H22MoNS2. The van der Waals surface area contributed by atoms with Crippen LogP contribution in [-0.2, 0) is 18.5 Å². The summed E-state index contributed by atoms with van der Waals surface area (Å²) in [5, 5.41) is 3.24. The summed E-state index contributed by atoms with van der Waals surface area (Å²) in [7, 11) is 1.63. The first-order valence-corrected chi connectivity index (χ1v) is 9.49. The summed E-state index contributed by atoms with van der Waals surface area (Å²) in [6.07, 6.45) is 11.0. The number of hydrogen-bond donors (Lipinski definition) is 1. The third-order valence-electron chi connectivity index (χ3n) is 2.38. The third kappa shape index (κ3) is 12.9. The van der Waals surface area contributed by atoms with E-state index in [0.29, 0.717) is 0 Å². The Kier molecular flexibility index (Phi) is 13.8. The van der Waals surface area contributed by atoms with Gasteiger partial charge in [0.1, 0.15) is 0 Å². The summed E-state index contributed by atoms with van der Waals surface area (Å²) in [6.45, 7) is 3.32. The topological polar surface area (TPSA) is 12.0 Å². The molecule has 0 atom stereocenters. The van der Waals surface area contributed by atoms with Crippen molar-refractivity contribution in [1.29, 1.82) is 0 Å². The van der Waals surface area contributed by atoms with E-state index < -0.39 is 0 Å². The summed E-state index contributed by atoms with van der Waals surface area (Å²) in [5.74, 6) is 0. The second-order valence-electron chi connectivity index (χ2n) is 3.77. The van der Waals surface area contributed by atoms with Crippen LogP contribution in [0.4, 0.5) is 0 Å². The van der Waals surface area contributed by atoms with Crippen LogP contribution in [0.25, 0.3) is 0 Å². The fraction of sp³-hybridized carbons (Fsp3) is 0.909. The van der Waals surface area contributed by atoms with E-state index in [1.165, 1.54) is 51.4 Å². The quantitative estimate of drug-likeness (QED) is 0.387. The van der Waals surface area contributed by atoms with Crippen LogP contribution in [0.1, 0.15) is 58.3 Å². The van der Waals surface area contributed by atoms with Crippen LogP contribution in [0.2, 0.25) is 0 Å². The monoisotopic (exact) mass is 330 g/mol. The molecule has 0 unspecified atom stereocenters. The predicted molar refractivity (Wildman–Crippen MR) is 70.8 cm³/mol. The number of nitrogens with one attached hydrogen (secondary N) is 1. The molecule has 0 rings (SSSR count). The molecule has 0 spiro atoms. The van der Waals surface area contributed by atoms with Crippen LogP contribution in [-0.4, -0.2) is 10.9 Å². The van der Waals surface area contributed by atoms with Gasteiger partial charge < -0.3 is 0 Å². The minimum absolute atomic E-state index is 0.933. The molecule has 1 N–H and O–H groups in total. The van der Waals surface area contributed by atoms with E-state index in [-0.39, 0.29) is 0 Å². The van der Waals surface area contributed by atoms with E-state index in [1.807, 2.05) is 18.5 Å². The van der Waals surface area contributed by atoms with Gasteiger partial charge in [0.2, 0.25) is 0 Å². The molecule has 0 saturated heterocycles. The number of thiocarbonyl (C=S) groups is 1. The van der Waals surface area contributed by atoms with Gasteiger partial charge in [-0.25, -0.2) is 0 Å². The van der Waals surface area contributed by atoms with Crippen molar-refractivity contribution < 1.29 is 18.5 Å². The maximum atomic E-state index is 5.06. The first kappa shape index (κ1) is 15.9. The van der Waals surface area contributed by atoms with Crippen LogP contribution in [0.5, 0.6) is 0 Å².